The van der Waals surface area contributed by atoms with Gasteiger partial charge in [-0.15, -0.1) is 0 Å². The molecular formula is C35H37N5O7. The molecule has 0 radical (unpaired) electrons. The van der Waals surface area contributed by atoms with E-state index in [1.807, 2.05) is 24.3 Å². The fourth-order valence-electron chi connectivity index (χ4n) is 6.06. The highest BCUT2D eigenvalue weighted by Crippen LogP contribution is 2.33. The van der Waals surface area contributed by atoms with Gasteiger partial charge in [0.2, 0.25) is 5.91 Å². The highest BCUT2D eigenvalue weighted by Gasteiger charge is 2.35. The maximum absolute atomic E-state index is 13.9. The van der Waals surface area contributed by atoms with E-state index in [0.717, 1.165) is 18.4 Å². The summed E-state index contributed by atoms with van der Waals surface area (Å²) < 4.78 is 23.9. The van der Waals surface area contributed by atoms with Crippen molar-refractivity contribution in [1.29, 1.82) is 0 Å². The van der Waals surface area contributed by atoms with E-state index in [9.17, 15) is 14.4 Å². The number of likely N-dealkylation sites (tertiary alicyclic amines) is 1. The van der Waals surface area contributed by atoms with Crippen molar-refractivity contribution in [3.8, 4) is 17.2 Å². The molecule has 47 heavy (non-hydrogen) atoms. The Bertz CT molecular complexity index is 1830. The molecule has 1 aliphatic carbocycles. The number of carbonyl (C=O) groups excluding carboxylic acids is 3. The average molecular weight is 640 g/mol. The predicted octanol–water partition coefficient (Wildman–Crippen LogP) is 4.47. The van der Waals surface area contributed by atoms with Gasteiger partial charge in [-0.1, -0.05) is 17.3 Å². The summed E-state index contributed by atoms with van der Waals surface area (Å²) >= 11 is 0. The molecule has 12 nitrogen and oxygen atoms in total. The van der Waals surface area contributed by atoms with Gasteiger partial charge in [-0.2, -0.15) is 0 Å². The van der Waals surface area contributed by atoms with Gasteiger partial charge in [0.1, 0.15) is 17.2 Å². The van der Waals surface area contributed by atoms with Crippen molar-refractivity contribution in [3.05, 3.63) is 76.6 Å². The van der Waals surface area contributed by atoms with E-state index in [0.29, 0.717) is 76.4 Å². The summed E-state index contributed by atoms with van der Waals surface area (Å²) in [5.74, 6) is 1.38. The lowest BCUT2D eigenvalue weighted by atomic mass is 9.99. The molecular weight excluding hydrogens is 602 g/mol. The zero-order valence-electron chi connectivity index (χ0n) is 26.4. The number of hydrogen-bond donors (Lipinski definition) is 2. The first-order chi connectivity index (χ1) is 22.8. The SMILES string of the molecule is Cc1cc(C(=O)N2CC[C@H]3OCc4cccc(c4)Oc4cc(OCC5CC5)cc(c4)C(=O)NCCC(=O)N[C@H]3C2)c2c(C)noc2n1. The molecule has 4 heterocycles. The Labute approximate surface area is 271 Å². The number of nitrogens with zero attached hydrogens (tertiary/aromatic N) is 3. The summed E-state index contributed by atoms with van der Waals surface area (Å²) in [6.45, 7) is 5.25. The molecule has 7 rings (SSSR count). The second-order valence-electron chi connectivity index (χ2n) is 12.5. The monoisotopic (exact) mass is 639 g/mol. The second kappa shape index (κ2) is 13.0. The minimum Gasteiger partial charge on any atom is -0.493 e. The Balaban J connectivity index is 1.12. The molecule has 0 spiro atoms. The van der Waals surface area contributed by atoms with Crippen LogP contribution in [0.3, 0.4) is 0 Å². The number of rotatable bonds is 4. The Morgan fingerprint density at radius 2 is 1.94 bits per heavy atom. The average Bonchev–Trinajstić information content (AvgIpc) is 3.82. The van der Waals surface area contributed by atoms with Crippen LogP contribution in [0, 0.1) is 19.8 Å². The van der Waals surface area contributed by atoms with E-state index < -0.39 is 6.04 Å². The third-order valence-corrected chi connectivity index (χ3v) is 8.72. The number of carbonyl (C=O) groups is 3. The van der Waals surface area contributed by atoms with E-state index in [2.05, 4.69) is 20.8 Å². The molecule has 2 aromatic heterocycles. The lowest BCUT2D eigenvalue weighted by molar-refractivity contribution is -0.124. The number of amides is 3. The van der Waals surface area contributed by atoms with Crippen molar-refractivity contribution in [2.45, 2.75) is 58.3 Å². The van der Waals surface area contributed by atoms with Gasteiger partial charge >= 0.3 is 0 Å². The molecule has 2 fully saturated rings. The molecule has 12 heteroatoms. The van der Waals surface area contributed by atoms with Crippen molar-refractivity contribution in [3.63, 3.8) is 0 Å². The number of benzene rings is 2. The second-order valence-corrected chi connectivity index (χ2v) is 12.5. The fourth-order valence-corrected chi connectivity index (χ4v) is 6.06. The molecule has 2 aromatic carbocycles. The first kappa shape index (κ1) is 30.7. The van der Waals surface area contributed by atoms with Crippen LogP contribution >= 0.6 is 0 Å². The normalized spacial score (nSPS) is 20.4. The number of aryl methyl sites for hydroxylation is 2. The number of nitrogens with one attached hydrogen (secondary N) is 2. The van der Waals surface area contributed by atoms with Crippen LogP contribution in [0.1, 0.15) is 63.4 Å². The number of fused-ring (bicyclic) bond motifs is 6. The van der Waals surface area contributed by atoms with E-state index in [4.69, 9.17) is 18.7 Å². The van der Waals surface area contributed by atoms with Gasteiger partial charge in [0.05, 0.1) is 42.0 Å². The van der Waals surface area contributed by atoms with Gasteiger partial charge in [-0.25, -0.2) is 4.98 Å². The Morgan fingerprint density at radius 3 is 2.79 bits per heavy atom. The number of pyridine rings is 1. The summed E-state index contributed by atoms with van der Waals surface area (Å²) in [5, 5.41) is 10.5. The summed E-state index contributed by atoms with van der Waals surface area (Å²) in [6.07, 6.45) is 2.50. The van der Waals surface area contributed by atoms with Crippen LogP contribution in [0.15, 0.2) is 53.1 Å². The molecule has 1 saturated carbocycles. The Morgan fingerprint density at radius 1 is 1.06 bits per heavy atom. The molecule has 0 unspecified atom stereocenters. The van der Waals surface area contributed by atoms with Gasteiger partial charge in [0.15, 0.2) is 0 Å². The Kier molecular flexibility index (Phi) is 8.50. The van der Waals surface area contributed by atoms with Gasteiger partial charge < -0.3 is 34.3 Å². The number of hydrogen-bond acceptors (Lipinski definition) is 9. The summed E-state index contributed by atoms with van der Waals surface area (Å²) in [6, 6.07) is 14.0. The lowest BCUT2D eigenvalue weighted by Gasteiger charge is -2.39. The van der Waals surface area contributed by atoms with Crippen LogP contribution in [-0.4, -0.2) is 71.1 Å². The quantitative estimate of drug-likeness (QED) is 0.330. The van der Waals surface area contributed by atoms with Gasteiger partial charge in [0, 0.05) is 43.4 Å². The van der Waals surface area contributed by atoms with E-state index in [1.165, 1.54) is 0 Å². The van der Waals surface area contributed by atoms with Crippen LogP contribution in [0.4, 0.5) is 0 Å². The zero-order valence-corrected chi connectivity index (χ0v) is 26.4. The maximum atomic E-state index is 13.9. The third kappa shape index (κ3) is 7.07. The largest absolute Gasteiger partial charge is 0.493 e. The molecule has 2 N–H and O–H groups in total. The minimum atomic E-state index is -0.478. The van der Waals surface area contributed by atoms with Crippen molar-refractivity contribution in [2.24, 2.45) is 5.92 Å². The highest BCUT2D eigenvalue weighted by atomic mass is 16.5. The number of aromatic nitrogens is 2. The van der Waals surface area contributed by atoms with Crippen LogP contribution < -0.4 is 20.1 Å². The molecule has 1 saturated heterocycles. The molecule has 3 aliphatic rings. The Hall–Kier alpha value is -4.97. The highest BCUT2D eigenvalue weighted by molar-refractivity contribution is 6.06. The van der Waals surface area contributed by atoms with Crippen molar-refractivity contribution < 1.29 is 33.1 Å². The van der Waals surface area contributed by atoms with Gasteiger partial charge in [0.25, 0.3) is 17.5 Å². The van der Waals surface area contributed by atoms with Gasteiger partial charge in [-0.05, 0) is 74.9 Å². The maximum Gasteiger partial charge on any atom is 0.258 e. The standard InChI is InChI=1S/C35H37N5O7/c1-20-12-28(32-21(2)39-47-34(32)37-20)35(43)40-11-9-30-29(17-40)38-31(41)8-10-36-33(42)24-14-26(44-18-22-6-7-22)16-27(15-24)46-25-5-3-4-23(13-25)19-45-30/h3-5,12-16,22,29-30H,6-11,17-19H2,1-2H3,(H,36,42)(H,38,41)/t29-,30+/m0/s1. The van der Waals surface area contributed by atoms with Crippen LogP contribution in [0.25, 0.3) is 11.1 Å². The van der Waals surface area contributed by atoms with E-state index >= 15 is 0 Å². The fraction of sp³-hybridized carbons (Fsp3) is 0.400. The molecule has 2 atom stereocenters. The van der Waals surface area contributed by atoms with Crippen LogP contribution in [0.5, 0.6) is 17.2 Å². The number of ether oxygens (including phenoxy) is 3. The minimum absolute atomic E-state index is 0.0506. The van der Waals surface area contributed by atoms with E-state index in [-0.39, 0.29) is 49.9 Å². The first-order valence-corrected chi connectivity index (χ1v) is 16.1. The van der Waals surface area contributed by atoms with Crippen molar-refractivity contribution in [1.82, 2.24) is 25.7 Å². The van der Waals surface area contributed by atoms with Crippen LogP contribution in [0.2, 0.25) is 0 Å². The van der Waals surface area contributed by atoms with Gasteiger partial charge in [-0.3, -0.25) is 14.4 Å². The molecule has 3 amide bonds. The smallest absolute Gasteiger partial charge is 0.258 e. The number of piperidine rings is 1. The molecule has 4 bridgehead atoms. The zero-order chi connectivity index (χ0) is 32.5. The van der Waals surface area contributed by atoms with Crippen molar-refractivity contribution in [2.75, 3.05) is 26.2 Å². The summed E-state index contributed by atoms with van der Waals surface area (Å²) in [5.41, 5.74) is 3.27. The van der Waals surface area contributed by atoms with E-state index in [1.54, 1.807) is 43.0 Å². The molecule has 4 aromatic rings. The summed E-state index contributed by atoms with van der Waals surface area (Å²) in [4.78, 5) is 46.4. The predicted molar refractivity (Wildman–Crippen MR) is 170 cm³/mol. The molecule has 244 valence electrons. The van der Waals surface area contributed by atoms with Crippen LogP contribution in [-0.2, 0) is 16.1 Å². The first-order valence-electron chi connectivity index (χ1n) is 16.1. The third-order valence-electron chi connectivity index (χ3n) is 8.72. The lowest BCUT2D eigenvalue weighted by Crippen LogP contribution is -2.57. The van der Waals surface area contributed by atoms with Crippen molar-refractivity contribution >= 4 is 28.8 Å². The topological polar surface area (TPSA) is 145 Å². The summed E-state index contributed by atoms with van der Waals surface area (Å²) in [7, 11) is 0. The molecule has 2 aliphatic heterocycles.